The zero-order valence-corrected chi connectivity index (χ0v) is 57.1. The van der Waals surface area contributed by atoms with Crippen LogP contribution >= 0.6 is 0 Å². The van der Waals surface area contributed by atoms with Gasteiger partial charge in [-0.2, -0.15) is 29.9 Å². The first-order valence-electron chi connectivity index (χ1n) is 31.9. The molecule has 0 saturated heterocycles. The van der Waals surface area contributed by atoms with E-state index in [-0.39, 0.29) is 71.6 Å². The summed E-state index contributed by atoms with van der Waals surface area (Å²) in [5.74, 6) is 4.75. The maximum atomic E-state index is 11.9. The van der Waals surface area contributed by atoms with Crippen LogP contribution in [0, 0.1) is 0 Å². The first kappa shape index (κ1) is 73.8. The summed E-state index contributed by atoms with van der Waals surface area (Å²) in [5.41, 5.74) is 8.48. The van der Waals surface area contributed by atoms with Crippen molar-refractivity contribution in [3.8, 4) is 120 Å². The van der Waals surface area contributed by atoms with Crippen LogP contribution in [0.1, 0.15) is 60.0 Å². The van der Waals surface area contributed by atoms with Crippen molar-refractivity contribution in [2.24, 2.45) is 0 Å². The number of phenolic OH excluding ortho intramolecular Hbond substituents is 4. The summed E-state index contributed by atoms with van der Waals surface area (Å²) in [5, 5.41) is 51.7. The molecule has 0 fully saturated rings. The summed E-state index contributed by atoms with van der Waals surface area (Å²) in [6, 6.07) is 56.3. The molecule has 9 aromatic carbocycles. The van der Waals surface area contributed by atoms with Crippen LogP contribution in [0.3, 0.4) is 0 Å². The summed E-state index contributed by atoms with van der Waals surface area (Å²) in [7, 11) is 9.06. The standard InChI is InChI=1S/C27H26N4O3.C25H22N4O6.C25H24N4O4.CH4/c1-4-18-6-8-19(9-7-18)24-29-25(20-12-16-23(33-3)17-13-20)31-27(30-24)28-22-14-10-21(11-15-22)26(32)34-5-2;1-33-16-8-10-18(20(30)12-16)22-27-23(19-11-9-17(34-2)13-21(19)31)29-25(28-22)26-15-6-4-14(5-7-15)24(32)35-3;1-4-15-5-11-19(21(30)13-15)23-27-24(20-12-10-18(33-3)14-22(20)31)29-25(28-23)26-16-6-8-17(32-2)9-7-16;/h6-17H,4-5H2,1-3H3,(H,28,29,30,31);4-13,30-31H,1-3H3,(H,26,27,28,29);5-14,30-31H,4H2,1-3H3,(H,26,27,28,29);1H4. The van der Waals surface area contributed by atoms with Gasteiger partial charge in [-0.15, -0.1) is 0 Å². The molecule has 3 heterocycles. The van der Waals surface area contributed by atoms with Crippen LogP contribution in [0.25, 0.3) is 68.3 Å². The van der Waals surface area contributed by atoms with E-state index in [1.165, 1.54) is 52.2 Å². The number of methoxy groups -OCH3 is 6. The molecule has 103 heavy (non-hydrogen) atoms. The number of nitrogens with one attached hydrogen (secondary N) is 3. The van der Waals surface area contributed by atoms with Gasteiger partial charge >= 0.3 is 11.9 Å². The average molecular weight is 1390 g/mol. The van der Waals surface area contributed by atoms with Gasteiger partial charge in [0.1, 0.15) is 51.7 Å². The van der Waals surface area contributed by atoms with Gasteiger partial charge in [-0.05, 0) is 176 Å². The summed E-state index contributed by atoms with van der Waals surface area (Å²) >= 11 is 0. The number of esters is 2. The van der Waals surface area contributed by atoms with E-state index >= 15 is 0 Å². The van der Waals surface area contributed by atoms with Gasteiger partial charge in [0.25, 0.3) is 0 Å². The van der Waals surface area contributed by atoms with E-state index in [0.29, 0.717) is 80.5 Å². The second-order valence-corrected chi connectivity index (χ2v) is 22.0. The lowest BCUT2D eigenvalue weighted by Gasteiger charge is -2.12. The number of aromatic nitrogens is 9. The molecule has 25 nitrogen and oxygen atoms in total. The van der Waals surface area contributed by atoms with Crippen LogP contribution in [-0.4, -0.2) is 126 Å². The van der Waals surface area contributed by atoms with E-state index in [9.17, 15) is 30.0 Å². The van der Waals surface area contributed by atoms with Crippen LogP contribution < -0.4 is 39.6 Å². The molecule has 3 aromatic heterocycles. The minimum Gasteiger partial charge on any atom is -0.507 e. The van der Waals surface area contributed by atoms with Crippen molar-refractivity contribution in [1.29, 1.82) is 0 Å². The number of anilines is 6. The van der Waals surface area contributed by atoms with Crippen molar-refractivity contribution in [2.45, 2.75) is 41.0 Å². The summed E-state index contributed by atoms with van der Waals surface area (Å²) in [6.07, 6.45) is 1.75. The molecule has 25 heteroatoms. The molecule has 0 aliphatic rings. The Kier molecular flexibility index (Phi) is 25.0. The Hall–Kier alpha value is -13.5. The largest absolute Gasteiger partial charge is 0.507 e. The van der Waals surface area contributed by atoms with Gasteiger partial charge in [0, 0.05) is 46.4 Å². The Bertz CT molecular complexity index is 4670. The average Bonchev–Trinajstić information content (AvgIpc) is 0.849. The first-order chi connectivity index (χ1) is 49.5. The third-order valence-corrected chi connectivity index (χ3v) is 15.5. The van der Waals surface area contributed by atoms with Gasteiger partial charge < -0.3 is 69.5 Å². The second kappa shape index (κ2) is 34.9. The number of hydrogen-bond acceptors (Lipinski definition) is 25. The molecular formula is C78H76N12O13. The molecule has 0 unspecified atom stereocenters. The molecule has 0 aliphatic carbocycles. The fourth-order valence-electron chi connectivity index (χ4n) is 9.91. The van der Waals surface area contributed by atoms with Gasteiger partial charge in [-0.25, -0.2) is 24.5 Å². The Morgan fingerprint density at radius 3 is 0.951 bits per heavy atom. The number of carbonyl (C=O) groups is 2. The van der Waals surface area contributed by atoms with Gasteiger partial charge in [0.05, 0.1) is 82.6 Å². The summed E-state index contributed by atoms with van der Waals surface area (Å²) in [6.45, 7) is 6.25. The van der Waals surface area contributed by atoms with Gasteiger partial charge in [-0.1, -0.05) is 51.6 Å². The normalized spacial score (nSPS) is 10.5. The zero-order chi connectivity index (χ0) is 72.2. The monoisotopic (exact) mass is 1390 g/mol. The topological polar surface area (TPSA) is 332 Å². The third-order valence-electron chi connectivity index (χ3n) is 15.5. The molecule has 0 radical (unpaired) electrons. The van der Waals surface area contributed by atoms with Crippen LogP contribution in [0.15, 0.2) is 194 Å². The van der Waals surface area contributed by atoms with Crippen molar-refractivity contribution in [3.05, 3.63) is 216 Å². The molecule has 7 N–H and O–H groups in total. The van der Waals surface area contributed by atoms with Gasteiger partial charge in [0.15, 0.2) is 34.9 Å². The lowest BCUT2D eigenvalue weighted by molar-refractivity contribution is 0.0525. The van der Waals surface area contributed by atoms with E-state index < -0.39 is 5.97 Å². The molecule has 0 saturated carbocycles. The number of hydrogen-bond donors (Lipinski definition) is 7. The summed E-state index contributed by atoms with van der Waals surface area (Å²) < 4.78 is 35.7. The zero-order valence-electron chi connectivity index (χ0n) is 57.1. The van der Waals surface area contributed by atoms with Crippen molar-refractivity contribution < 1.29 is 63.2 Å². The molecule has 0 atom stereocenters. The number of carbonyl (C=O) groups excluding carboxylic acids is 2. The van der Waals surface area contributed by atoms with Crippen molar-refractivity contribution >= 4 is 46.8 Å². The number of nitrogens with zero attached hydrogens (tertiary/aromatic N) is 9. The number of rotatable bonds is 22. The highest BCUT2D eigenvalue weighted by molar-refractivity contribution is 5.90. The minimum absolute atomic E-state index is 0. The molecule has 0 aliphatic heterocycles. The molecule has 0 amide bonds. The fraction of sp³-hybridized carbons (Fsp3) is 0.167. The van der Waals surface area contributed by atoms with Crippen LogP contribution in [0.5, 0.6) is 51.7 Å². The number of ether oxygens (including phenoxy) is 7. The third kappa shape index (κ3) is 18.9. The predicted molar refractivity (Wildman–Crippen MR) is 393 cm³/mol. The first-order valence-corrected chi connectivity index (χ1v) is 31.9. The van der Waals surface area contributed by atoms with Gasteiger partial charge in [-0.3, -0.25) is 0 Å². The van der Waals surface area contributed by atoms with E-state index in [1.54, 1.807) is 118 Å². The highest BCUT2D eigenvalue weighted by Crippen LogP contribution is 2.38. The van der Waals surface area contributed by atoms with E-state index in [0.717, 1.165) is 52.4 Å². The smallest absolute Gasteiger partial charge is 0.338 e. The number of phenols is 4. The molecule has 12 rings (SSSR count). The SMILES string of the molecule is C.CCOC(=O)c1ccc(Nc2nc(-c3ccc(CC)cc3)nc(-c3ccc(OC)cc3)n2)cc1.CCc1ccc(-c2nc(Nc3ccc(OC)cc3)nc(-c3ccc(OC)cc3O)n2)c(O)c1.COC(=O)c1ccc(Nc2nc(-c3ccc(OC)cc3O)nc(-c3ccc(OC)cc3O)n2)cc1. The lowest BCUT2D eigenvalue weighted by atomic mass is 10.1. The van der Waals surface area contributed by atoms with Crippen molar-refractivity contribution in [1.82, 2.24) is 44.9 Å². The number of aryl methyl sites for hydroxylation is 2. The highest BCUT2D eigenvalue weighted by Gasteiger charge is 2.21. The summed E-state index contributed by atoms with van der Waals surface area (Å²) in [4.78, 5) is 64.5. The molecule has 526 valence electrons. The second-order valence-electron chi connectivity index (χ2n) is 22.0. The highest BCUT2D eigenvalue weighted by atomic mass is 16.5. The van der Waals surface area contributed by atoms with Crippen LogP contribution in [-0.2, 0) is 22.3 Å². The quantitative estimate of drug-likeness (QED) is 0.0310. The van der Waals surface area contributed by atoms with E-state index in [2.05, 4.69) is 74.9 Å². The van der Waals surface area contributed by atoms with Crippen LogP contribution in [0.4, 0.5) is 34.9 Å². The van der Waals surface area contributed by atoms with E-state index in [4.69, 9.17) is 38.1 Å². The fourth-order valence-corrected chi connectivity index (χ4v) is 9.91. The van der Waals surface area contributed by atoms with Crippen LogP contribution in [0.2, 0.25) is 0 Å². The van der Waals surface area contributed by atoms with Gasteiger partial charge in [0.2, 0.25) is 17.8 Å². The van der Waals surface area contributed by atoms with Crippen molar-refractivity contribution in [2.75, 3.05) is 65.2 Å². The number of benzene rings is 9. The Balaban J connectivity index is 0.000000179. The maximum absolute atomic E-state index is 11.9. The molecule has 0 bridgehead atoms. The molecule has 0 spiro atoms. The lowest BCUT2D eigenvalue weighted by Crippen LogP contribution is -2.05. The minimum atomic E-state index is -0.453. The predicted octanol–water partition coefficient (Wildman–Crippen LogP) is 15.4. The molecular weight excluding hydrogens is 1310 g/mol. The Morgan fingerprint density at radius 2 is 0.621 bits per heavy atom. The Morgan fingerprint density at radius 1 is 0.330 bits per heavy atom. The Labute approximate surface area is 594 Å². The maximum Gasteiger partial charge on any atom is 0.338 e. The number of aromatic hydroxyl groups is 4. The van der Waals surface area contributed by atoms with Crippen molar-refractivity contribution in [3.63, 3.8) is 0 Å². The van der Waals surface area contributed by atoms with E-state index in [1.807, 2.05) is 73.7 Å². The molecule has 12 aromatic rings.